The lowest BCUT2D eigenvalue weighted by Crippen LogP contribution is -2.43. The lowest BCUT2D eigenvalue weighted by molar-refractivity contribution is 0.626. The Balaban J connectivity index is 2.14. The van der Waals surface area contributed by atoms with Crippen molar-refractivity contribution in [3.8, 4) is 11.5 Å². The number of benzene rings is 1. The van der Waals surface area contributed by atoms with E-state index in [-0.39, 0.29) is 5.82 Å². The molecule has 1 aliphatic rings. The zero-order valence-corrected chi connectivity index (χ0v) is 18.8. The maximum atomic E-state index is 14.3. The molecule has 1 aromatic carbocycles. The van der Waals surface area contributed by atoms with Crippen LogP contribution in [-0.2, 0) is 6.42 Å². The monoisotopic (exact) mass is 395 g/mol. The summed E-state index contributed by atoms with van der Waals surface area (Å²) in [6.45, 7) is 14.5. The fraction of sp³-hybridized carbons (Fsp3) is 0.478. The summed E-state index contributed by atoms with van der Waals surface area (Å²) in [7, 11) is -1.90. The fourth-order valence-corrected chi connectivity index (χ4v) is 10.1. The highest BCUT2D eigenvalue weighted by Gasteiger charge is 2.41. The highest BCUT2D eigenvalue weighted by Crippen LogP contribution is 2.41. The molecule has 0 saturated carbocycles. The predicted octanol–water partition coefficient (Wildman–Crippen LogP) is 5.88. The summed E-state index contributed by atoms with van der Waals surface area (Å²) >= 11 is 0. The van der Waals surface area contributed by atoms with Gasteiger partial charge < -0.3 is 4.90 Å². The summed E-state index contributed by atoms with van der Waals surface area (Å²) in [5.41, 5.74) is 8.07. The van der Waals surface area contributed by atoms with E-state index < -0.39 is 8.07 Å². The minimum Gasteiger partial charge on any atom is -0.309 e. The Morgan fingerprint density at radius 3 is 2.18 bits per heavy atom. The van der Waals surface area contributed by atoms with Gasteiger partial charge in [0.1, 0.15) is 13.9 Å². The topological polar surface area (TPSA) is 29.0 Å². The Bertz CT molecular complexity index is 876. The van der Waals surface area contributed by atoms with Crippen molar-refractivity contribution in [2.75, 3.05) is 11.4 Å². The van der Waals surface area contributed by atoms with E-state index in [1.54, 1.807) is 30.6 Å². The second-order valence-electron chi connectivity index (χ2n) is 8.56. The first kappa shape index (κ1) is 20.5. The van der Waals surface area contributed by atoms with Gasteiger partial charge in [-0.25, -0.2) is 14.4 Å². The molecule has 1 aromatic heterocycles. The zero-order chi connectivity index (χ0) is 20.5. The molecule has 3 nitrogen and oxygen atoms in total. The Kier molecular flexibility index (Phi) is 5.90. The molecular weight excluding hydrogens is 365 g/mol. The largest absolute Gasteiger partial charge is 0.309 e. The molecule has 0 bridgehead atoms. The molecule has 28 heavy (non-hydrogen) atoms. The van der Waals surface area contributed by atoms with Crippen LogP contribution in [0.1, 0.15) is 52.7 Å². The van der Waals surface area contributed by atoms with Crippen molar-refractivity contribution in [1.29, 1.82) is 0 Å². The molecule has 0 aliphatic carbocycles. The molecular formula is C23H30FN3Si. The van der Waals surface area contributed by atoms with Gasteiger partial charge in [0, 0.05) is 18.9 Å². The van der Waals surface area contributed by atoms with Crippen LogP contribution in [-0.4, -0.2) is 24.6 Å². The van der Waals surface area contributed by atoms with E-state index in [0.29, 0.717) is 22.6 Å². The normalized spacial score (nSPS) is 13.9. The third-order valence-corrected chi connectivity index (χ3v) is 12.4. The fourth-order valence-electron chi connectivity index (χ4n) is 4.84. The molecule has 0 N–H and O–H groups in total. The minimum atomic E-state index is -1.90. The van der Waals surface area contributed by atoms with Crippen LogP contribution >= 0.6 is 0 Å². The summed E-state index contributed by atoms with van der Waals surface area (Å²) in [5, 5.41) is 0. The van der Waals surface area contributed by atoms with E-state index in [1.165, 1.54) is 0 Å². The van der Waals surface area contributed by atoms with Gasteiger partial charge in [-0.15, -0.1) is 5.54 Å². The van der Waals surface area contributed by atoms with Crippen LogP contribution in [0.5, 0.6) is 0 Å². The van der Waals surface area contributed by atoms with E-state index >= 15 is 0 Å². The summed E-state index contributed by atoms with van der Waals surface area (Å²) in [4.78, 5) is 10.9. The van der Waals surface area contributed by atoms with Gasteiger partial charge in [-0.2, -0.15) is 0 Å². The predicted molar refractivity (Wildman–Crippen MR) is 117 cm³/mol. The number of fused-ring (bicyclic) bond motifs is 1. The summed E-state index contributed by atoms with van der Waals surface area (Å²) in [6, 6.07) is 5.01. The van der Waals surface area contributed by atoms with Crippen LogP contribution in [0.3, 0.4) is 0 Å². The molecule has 0 spiro atoms. The van der Waals surface area contributed by atoms with Crippen molar-refractivity contribution in [2.45, 2.75) is 64.6 Å². The summed E-state index contributed by atoms with van der Waals surface area (Å²) in [6.07, 6.45) is 4.26. The maximum absolute atomic E-state index is 14.3. The van der Waals surface area contributed by atoms with Gasteiger partial charge >= 0.3 is 0 Å². The number of hydrogen-bond donors (Lipinski definition) is 0. The summed E-state index contributed by atoms with van der Waals surface area (Å²) in [5.74, 6) is 3.88. The molecule has 0 atom stereocenters. The number of aromatic nitrogens is 2. The second-order valence-corrected chi connectivity index (χ2v) is 14.1. The lowest BCUT2D eigenvalue weighted by Gasteiger charge is -2.38. The SMILES string of the molecule is CC(C)[Si](C#Cc1cc(F)cc2c1N(c1ncccn1)CC2)(C(C)C)C(C)C. The summed E-state index contributed by atoms with van der Waals surface area (Å²) < 4.78 is 14.3. The van der Waals surface area contributed by atoms with E-state index in [0.717, 1.165) is 29.8 Å². The van der Waals surface area contributed by atoms with Crippen LogP contribution in [0.25, 0.3) is 0 Å². The lowest BCUT2D eigenvalue weighted by atomic mass is 10.1. The van der Waals surface area contributed by atoms with Gasteiger partial charge in [0.2, 0.25) is 5.95 Å². The first-order valence-electron chi connectivity index (χ1n) is 10.2. The number of anilines is 2. The maximum Gasteiger partial charge on any atom is 0.229 e. The molecule has 1 aliphatic heterocycles. The van der Waals surface area contributed by atoms with Crippen molar-refractivity contribution in [3.05, 3.63) is 47.5 Å². The quantitative estimate of drug-likeness (QED) is 0.478. The van der Waals surface area contributed by atoms with Crippen molar-refractivity contribution in [1.82, 2.24) is 9.97 Å². The van der Waals surface area contributed by atoms with Crippen LogP contribution in [0.2, 0.25) is 16.6 Å². The molecule has 3 rings (SSSR count). The number of hydrogen-bond acceptors (Lipinski definition) is 3. The molecule has 0 unspecified atom stereocenters. The van der Waals surface area contributed by atoms with Gasteiger partial charge in [0.15, 0.2) is 0 Å². The van der Waals surface area contributed by atoms with Gasteiger partial charge in [0.25, 0.3) is 0 Å². The zero-order valence-electron chi connectivity index (χ0n) is 17.8. The highest BCUT2D eigenvalue weighted by atomic mass is 28.3. The standard InChI is InChI=1S/C23H30FN3Si/c1-16(2)28(17(3)4,18(5)6)13-9-20-15-21(24)14-19-8-12-27(22(19)20)23-25-10-7-11-26-23/h7,10-11,14-18H,8,12H2,1-6H3. The van der Waals surface area contributed by atoms with E-state index in [4.69, 9.17) is 0 Å². The average Bonchev–Trinajstić information content (AvgIpc) is 3.05. The van der Waals surface area contributed by atoms with Crippen LogP contribution in [0, 0.1) is 17.3 Å². The van der Waals surface area contributed by atoms with Gasteiger partial charge in [-0.1, -0.05) is 47.5 Å². The molecule has 2 aromatic rings. The second kappa shape index (κ2) is 8.04. The Morgan fingerprint density at radius 2 is 1.61 bits per heavy atom. The Morgan fingerprint density at radius 1 is 1.00 bits per heavy atom. The first-order chi connectivity index (χ1) is 13.3. The van der Waals surface area contributed by atoms with E-state index in [2.05, 4.69) is 67.9 Å². The molecule has 0 radical (unpaired) electrons. The van der Waals surface area contributed by atoms with Crippen LogP contribution < -0.4 is 4.90 Å². The number of rotatable bonds is 4. The Hall–Kier alpha value is -2.19. The molecule has 5 heteroatoms. The third kappa shape index (κ3) is 3.58. The van der Waals surface area contributed by atoms with Gasteiger partial charge in [-0.3, -0.25) is 0 Å². The number of nitrogens with zero attached hydrogens (tertiary/aromatic N) is 3. The molecule has 2 heterocycles. The smallest absolute Gasteiger partial charge is 0.229 e. The molecule has 148 valence electrons. The first-order valence-corrected chi connectivity index (χ1v) is 12.4. The third-order valence-electron chi connectivity index (χ3n) is 6.10. The van der Waals surface area contributed by atoms with Crippen LogP contribution in [0.15, 0.2) is 30.6 Å². The Labute approximate surface area is 169 Å². The molecule has 0 amide bonds. The van der Waals surface area contributed by atoms with Crippen molar-refractivity contribution in [2.24, 2.45) is 0 Å². The van der Waals surface area contributed by atoms with Crippen LogP contribution in [0.4, 0.5) is 16.0 Å². The van der Waals surface area contributed by atoms with Gasteiger partial charge in [-0.05, 0) is 46.8 Å². The number of halogens is 1. The van der Waals surface area contributed by atoms with E-state index in [1.807, 2.05) is 0 Å². The molecule has 0 fully saturated rings. The van der Waals surface area contributed by atoms with Gasteiger partial charge in [0.05, 0.1) is 11.3 Å². The van der Waals surface area contributed by atoms with Crippen molar-refractivity contribution in [3.63, 3.8) is 0 Å². The average molecular weight is 396 g/mol. The van der Waals surface area contributed by atoms with E-state index in [9.17, 15) is 4.39 Å². The van der Waals surface area contributed by atoms with Crippen molar-refractivity contribution < 1.29 is 4.39 Å². The molecule has 0 saturated heterocycles. The minimum absolute atomic E-state index is 0.218. The highest BCUT2D eigenvalue weighted by molar-refractivity contribution is 6.90. The van der Waals surface area contributed by atoms with Crippen molar-refractivity contribution >= 4 is 19.7 Å².